The third-order valence-electron chi connectivity index (χ3n) is 2.51. The lowest BCUT2D eigenvalue weighted by Crippen LogP contribution is -2.16. The first-order valence-corrected chi connectivity index (χ1v) is 6.63. The van der Waals surface area contributed by atoms with Crippen molar-refractivity contribution >= 4 is 17.4 Å². The molecule has 0 bridgehead atoms. The number of benzene rings is 1. The molecule has 1 rings (SSSR count). The van der Waals surface area contributed by atoms with Gasteiger partial charge in [0.15, 0.2) is 5.78 Å². The largest absolute Gasteiger partial charge is 0.494 e. The molecule has 18 heavy (non-hydrogen) atoms. The van der Waals surface area contributed by atoms with Crippen molar-refractivity contribution in [1.82, 2.24) is 4.90 Å². The number of Topliss-reactive ketones (excluding diaryl/α,β-unsaturated/α-hetero) is 1. The first kappa shape index (κ1) is 15.0. The van der Waals surface area contributed by atoms with Gasteiger partial charge in [0.25, 0.3) is 0 Å². The van der Waals surface area contributed by atoms with Crippen molar-refractivity contribution in [1.29, 1.82) is 0 Å². The van der Waals surface area contributed by atoms with E-state index in [-0.39, 0.29) is 5.78 Å². The van der Waals surface area contributed by atoms with Crippen LogP contribution < -0.4 is 4.74 Å². The van der Waals surface area contributed by atoms with E-state index in [9.17, 15) is 4.79 Å². The number of alkyl halides is 1. The van der Waals surface area contributed by atoms with Crippen molar-refractivity contribution in [2.24, 2.45) is 0 Å². The molecule has 0 heterocycles. The fraction of sp³-hybridized carbons (Fsp3) is 0.500. The average molecular weight is 270 g/mol. The zero-order valence-electron chi connectivity index (χ0n) is 11.0. The highest BCUT2D eigenvalue weighted by Crippen LogP contribution is 2.13. The molecule has 0 fully saturated rings. The van der Waals surface area contributed by atoms with Gasteiger partial charge >= 0.3 is 0 Å². The van der Waals surface area contributed by atoms with E-state index in [0.717, 1.165) is 24.3 Å². The molecule has 0 amide bonds. The molecular weight excluding hydrogens is 250 g/mol. The maximum atomic E-state index is 11.8. The Morgan fingerprint density at radius 1 is 1.28 bits per heavy atom. The van der Waals surface area contributed by atoms with Gasteiger partial charge in [-0.05, 0) is 44.8 Å². The van der Waals surface area contributed by atoms with Crippen LogP contribution in [0.4, 0.5) is 0 Å². The van der Waals surface area contributed by atoms with Crippen molar-refractivity contribution < 1.29 is 9.53 Å². The molecule has 0 saturated heterocycles. The summed E-state index contributed by atoms with van der Waals surface area (Å²) in [6, 6.07) is 7.29. The van der Waals surface area contributed by atoms with Crippen LogP contribution in [0.2, 0.25) is 0 Å². The highest BCUT2D eigenvalue weighted by molar-refractivity contribution is 6.17. The number of halogens is 1. The van der Waals surface area contributed by atoms with Gasteiger partial charge in [-0.2, -0.15) is 0 Å². The normalized spacial score (nSPS) is 10.7. The van der Waals surface area contributed by atoms with Gasteiger partial charge in [0, 0.05) is 24.4 Å². The van der Waals surface area contributed by atoms with E-state index in [4.69, 9.17) is 16.3 Å². The van der Waals surface area contributed by atoms with Crippen molar-refractivity contribution in [2.45, 2.75) is 12.8 Å². The summed E-state index contributed by atoms with van der Waals surface area (Å²) in [6.07, 6.45) is 1.37. The van der Waals surface area contributed by atoms with Crippen LogP contribution in [-0.2, 0) is 0 Å². The summed E-state index contributed by atoms with van der Waals surface area (Å²) in [5.41, 5.74) is 0.738. The van der Waals surface area contributed by atoms with Crippen molar-refractivity contribution in [3.05, 3.63) is 29.8 Å². The van der Waals surface area contributed by atoms with Crippen LogP contribution in [0.5, 0.6) is 5.75 Å². The Bertz CT molecular complexity index is 363. The van der Waals surface area contributed by atoms with Gasteiger partial charge in [0.1, 0.15) is 5.75 Å². The summed E-state index contributed by atoms with van der Waals surface area (Å²) in [4.78, 5) is 13.8. The zero-order valence-corrected chi connectivity index (χ0v) is 11.7. The number of hydrogen-bond donors (Lipinski definition) is 0. The van der Waals surface area contributed by atoms with Gasteiger partial charge in [0.05, 0.1) is 6.61 Å². The Hall–Kier alpha value is -1.06. The van der Waals surface area contributed by atoms with Gasteiger partial charge in [-0.1, -0.05) is 0 Å². The molecule has 0 aromatic heterocycles. The first-order chi connectivity index (χ1) is 8.63. The summed E-state index contributed by atoms with van der Waals surface area (Å²) in [7, 11) is 3.92. The number of hydrogen-bond acceptors (Lipinski definition) is 3. The lowest BCUT2D eigenvalue weighted by molar-refractivity contribution is 0.0972. The van der Waals surface area contributed by atoms with E-state index < -0.39 is 0 Å². The standard InChI is InChI=1S/C14H20ClNO2/c1-16(2)10-8-14(17)12-4-6-13(7-5-12)18-11-3-9-15/h4-7H,3,8-11H2,1-2H3. The zero-order chi connectivity index (χ0) is 13.4. The minimum atomic E-state index is 0.163. The number of ketones is 1. The number of ether oxygens (including phenoxy) is 1. The molecule has 100 valence electrons. The van der Waals surface area contributed by atoms with Crippen LogP contribution >= 0.6 is 11.6 Å². The van der Waals surface area contributed by atoms with Gasteiger partial charge in [-0.15, -0.1) is 11.6 Å². The monoisotopic (exact) mass is 269 g/mol. The molecule has 3 nitrogen and oxygen atoms in total. The maximum Gasteiger partial charge on any atom is 0.164 e. The Balaban J connectivity index is 2.46. The number of carbonyl (C=O) groups is 1. The minimum absolute atomic E-state index is 0.163. The van der Waals surface area contributed by atoms with Crippen molar-refractivity contribution in [3.8, 4) is 5.75 Å². The molecule has 0 spiro atoms. The summed E-state index contributed by atoms with van der Waals surface area (Å²) >= 11 is 5.57. The predicted molar refractivity (Wildman–Crippen MR) is 74.8 cm³/mol. The summed E-state index contributed by atoms with van der Waals surface area (Å²) in [5, 5.41) is 0. The van der Waals surface area contributed by atoms with E-state index in [0.29, 0.717) is 18.9 Å². The highest BCUT2D eigenvalue weighted by atomic mass is 35.5. The Morgan fingerprint density at radius 3 is 2.50 bits per heavy atom. The molecular formula is C14H20ClNO2. The molecule has 0 atom stereocenters. The molecule has 0 aliphatic heterocycles. The second kappa shape index (κ2) is 8.11. The molecule has 4 heteroatoms. The lowest BCUT2D eigenvalue weighted by atomic mass is 10.1. The van der Waals surface area contributed by atoms with E-state index in [1.54, 1.807) is 0 Å². The molecule has 0 radical (unpaired) electrons. The smallest absolute Gasteiger partial charge is 0.164 e. The Morgan fingerprint density at radius 2 is 1.94 bits per heavy atom. The second-order valence-corrected chi connectivity index (χ2v) is 4.77. The SMILES string of the molecule is CN(C)CCC(=O)c1ccc(OCCCCl)cc1. The molecule has 1 aromatic carbocycles. The van der Waals surface area contributed by atoms with E-state index in [1.807, 2.05) is 43.3 Å². The predicted octanol–water partition coefficient (Wildman–Crippen LogP) is 2.83. The van der Waals surface area contributed by atoms with E-state index in [2.05, 4.69) is 0 Å². The average Bonchev–Trinajstić information content (AvgIpc) is 2.37. The second-order valence-electron chi connectivity index (χ2n) is 4.39. The molecule has 0 unspecified atom stereocenters. The minimum Gasteiger partial charge on any atom is -0.494 e. The lowest BCUT2D eigenvalue weighted by Gasteiger charge is -2.09. The van der Waals surface area contributed by atoms with Gasteiger partial charge in [0.2, 0.25) is 0 Å². The maximum absolute atomic E-state index is 11.8. The van der Waals surface area contributed by atoms with Crippen molar-refractivity contribution in [3.63, 3.8) is 0 Å². The summed E-state index contributed by atoms with van der Waals surface area (Å²) in [6.45, 7) is 1.38. The quantitative estimate of drug-likeness (QED) is 0.413. The molecule has 1 aromatic rings. The third-order valence-corrected chi connectivity index (χ3v) is 2.78. The Kier molecular flexibility index (Phi) is 6.76. The summed E-state index contributed by atoms with van der Waals surface area (Å²) < 4.78 is 5.48. The molecule has 0 saturated carbocycles. The van der Waals surface area contributed by atoms with E-state index >= 15 is 0 Å². The van der Waals surface area contributed by atoms with Crippen LogP contribution in [0, 0.1) is 0 Å². The fourth-order valence-corrected chi connectivity index (χ4v) is 1.56. The highest BCUT2D eigenvalue weighted by Gasteiger charge is 2.06. The molecule has 0 aliphatic rings. The first-order valence-electron chi connectivity index (χ1n) is 6.10. The summed E-state index contributed by atoms with van der Waals surface area (Å²) in [5.74, 6) is 1.54. The van der Waals surface area contributed by atoms with Crippen LogP contribution in [0.15, 0.2) is 24.3 Å². The topological polar surface area (TPSA) is 29.5 Å². The van der Waals surface area contributed by atoms with Crippen molar-refractivity contribution in [2.75, 3.05) is 33.1 Å². The van der Waals surface area contributed by atoms with Gasteiger partial charge in [-0.25, -0.2) is 0 Å². The number of carbonyl (C=O) groups excluding carboxylic acids is 1. The van der Waals surface area contributed by atoms with Crippen LogP contribution in [0.1, 0.15) is 23.2 Å². The van der Waals surface area contributed by atoms with Gasteiger partial charge < -0.3 is 9.64 Å². The van der Waals surface area contributed by atoms with Crippen LogP contribution in [0.3, 0.4) is 0 Å². The Labute approximate surface area is 114 Å². The number of rotatable bonds is 8. The van der Waals surface area contributed by atoms with Gasteiger partial charge in [-0.3, -0.25) is 4.79 Å². The van der Waals surface area contributed by atoms with Crippen LogP contribution in [-0.4, -0.2) is 43.8 Å². The molecule has 0 aliphatic carbocycles. The number of nitrogens with zero attached hydrogens (tertiary/aromatic N) is 1. The van der Waals surface area contributed by atoms with Crippen LogP contribution in [0.25, 0.3) is 0 Å². The molecule has 0 N–H and O–H groups in total. The fourth-order valence-electron chi connectivity index (χ4n) is 1.45. The van der Waals surface area contributed by atoms with E-state index in [1.165, 1.54) is 0 Å². The third kappa shape index (κ3) is 5.52.